The molecule has 0 radical (unpaired) electrons. The molecule has 0 saturated carbocycles. The van der Waals surface area contributed by atoms with Crippen molar-refractivity contribution in [2.75, 3.05) is 5.73 Å². The molecule has 1 heterocycles. The number of hydrogen-bond donors (Lipinski definition) is 3. The first-order chi connectivity index (χ1) is 11.1. The number of anilines is 1. The highest BCUT2D eigenvalue weighted by Crippen LogP contribution is 2.22. The highest BCUT2D eigenvalue weighted by molar-refractivity contribution is 5.93. The number of nitrogen functional groups attached to an aromatic ring is 1. The van der Waals surface area contributed by atoms with E-state index in [4.69, 9.17) is 10.5 Å². The van der Waals surface area contributed by atoms with E-state index in [-0.39, 0.29) is 11.6 Å². The van der Waals surface area contributed by atoms with Crippen molar-refractivity contribution in [2.45, 2.75) is 19.8 Å². The van der Waals surface area contributed by atoms with Gasteiger partial charge in [0.25, 0.3) is 5.91 Å². The van der Waals surface area contributed by atoms with E-state index in [0.717, 1.165) is 0 Å². The zero-order chi connectivity index (χ0) is 16.7. The van der Waals surface area contributed by atoms with Crippen LogP contribution in [0.25, 0.3) is 0 Å². The fourth-order valence-electron chi connectivity index (χ4n) is 1.75. The smallest absolute Gasteiger partial charge is 0.288 e. The van der Waals surface area contributed by atoms with Gasteiger partial charge in [-0.2, -0.15) is 0 Å². The molecule has 1 aromatic carbocycles. The van der Waals surface area contributed by atoms with Gasteiger partial charge >= 0.3 is 0 Å². The van der Waals surface area contributed by atoms with Gasteiger partial charge < -0.3 is 10.5 Å². The van der Waals surface area contributed by atoms with Crippen molar-refractivity contribution in [1.29, 1.82) is 0 Å². The lowest BCUT2D eigenvalue weighted by Crippen LogP contribution is -2.41. The first-order valence-corrected chi connectivity index (χ1v) is 7.17. The standard InChI is InChI=1S/C16H18N4O3/c1-2-3-15(21)19-20-16(22)14-10-13(8-9-18-14)23-12-6-4-11(17)5-7-12/h4-10H,2-3,17H2,1H3,(H,19,21)(H,20,22). The van der Waals surface area contributed by atoms with Gasteiger partial charge in [0.2, 0.25) is 5.91 Å². The molecule has 1 aromatic heterocycles. The number of nitrogens with zero attached hydrogens (tertiary/aromatic N) is 1. The molecule has 120 valence electrons. The zero-order valence-electron chi connectivity index (χ0n) is 12.7. The fourth-order valence-corrected chi connectivity index (χ4v) is 1.75. The van der Waals surface area contributed by atoms with Crippen LogP contribution in [0.4, 0.5) is 5.69 Å². The summed E-state index contributed by atoms with van der Waals surface area (Å²) < 4.78 is 5.63. The number of nitrogens with two attached hydrogens (primary N) is 1. The molecule has 2 amide bonds. The van der Waals surface area contributed by atoms with Crippen LogP contribution in [0.1, 0.15) is 30.3 Å². The summed E-state index contributed by atoms with van der Waals surface area (Å²) in [5.41, 5.74) is 11.0. The Morgan fingerprint density at radius 3 is 2.57 bits per heavy atom. The molecule has 0 atom stereocenters. The molecule has 7 heteroatoms. The number of carbonyl (C=O) groups is 2. The van der Waals surface area contributed by atoms with Crippen molar-refractivity contribution in [3.05, 3.63) is 48.3 Å². The number of amides is 2. The van der Waals surface area contributed by atoms with Crippen LogP contribution >= 0.6 is 0 Å². The number of benzene rings is 1. The van der Waals surface area contributed by atoms with Gasteiger partial charge in [0.15, 0.2) is 0 Å². The quantitative estimate of drug-likeness (QED) is 0.578. The second-order valence-corrected chi connectivity index (χ2v) is 4.80. The SMILES string of the molecule is CCCC(=O)NNC(=O)c1cc(Oc2ccc(N)cc2)ccn1. The molecule has 0 bridgehead atoms. The number of nitrogens with one attached hydrogen (secondary N) is 2. The fraction of sp³-hybridized carbons (Fsp3) is 0.188. The minimum Gasteiger partial charge on any atom is -0.457 e. The number of rotatable bonds is 5. The molecule has 23 heavy (non-hydrogen) atoms. The van der Waals surface area contributed by atoms with Gasteiger partial charge in [-0.25, -0.2) is 0 Å². The number of hydrogen-bond acceptors (Lipinski definition) is 5. The summed E-state index contributed by atoms with van der Waals surface area (Å²) >= 11 is 0. The van der Waals surface area contributed by atoms with Crippen molar-refractivity contribution < 1.29 is 14.3 Å². The summed E-state index contributed by atoms with van der Waals surface area (Å²) in [6.45, 7) is 1.88. The van der Waals surface area contributed by atoms with Crippen molar-refractivity contribution in [3.8, 4) is 11.5 Å². The topological polar surface area (TPSA) is 106 Å². The van der Waals surface area contributed by atoms with Crippen LogP contribution in [0.15, 0.2) is 42.6 Å². The maximum Gasteiger partial charge on any atom is 0.288 e. The van der Waals surface area contributed by atoms with Crippen LogP contribution in [-0.2, 0) is 4.79 Å². The lowest BCUT2D eigenvalue weighted by Gasteiger charge is -2.08. The molecule has 0 spiro atoms. The molecule has 0 aliphatic heterocycles. The van der Waals surface area contributed by atoms with E-state index in [9.17, 15) is 9.59 Å². The Kier molecular flexibility index (Phi) is 5.51. The molecule has 0 unspecified atom stereocenters. The Bertz CT molecular complexity index is 686. The average Bonchev–Trinajstić information content (AvgIpc) is 2.55. The summed E-state index contributed by atoms with van der Waals surface area (Å²) in [6, 6.07) is 9.99. The van der Waals surface area contributed by atoms with E-state index < -0.39 is 5.91 Å². The number of aromatic nitrogens is 1. The molecule has 0 fully saturated rings. The van der Waals surface area contributed by atoms with Gasteiger partial charge in [-0.05, 0) is 36.8 Å². The van der Waals surface area contributed by atoms with Gasteiger partial charge in [-0.15, -0.1) is 0 Å². The largest absolute Gasteiger partial charge is 0.457 e. The predicted molar refractivity (Wildman–Crippen MR) is 85.7 cm³/mol. The first-order valence-electron chi connectivity index (χ1n) is 7.17. The third kappa shape index (κ3) is 4.99. The maximum atomic E-state index is 11.9. The highest BCUT2D eigenvalue weighted by atomic mass is 16.5. The number of pyridine rings is 1. The molecule has 2 aromatic rings. The van der Waals surface area contributed by atoms with E-state index in [1.807, 2.05) is 6.92 Å². The Morgan fingerprint density at radius 2 is 1.87 bits per heavy atom. The van der Waals surface area contributed by atoms with E-state index in [0.29, 0.717) is 30.0 Å². The minimum absolute atomic E-state index is 0.134. The summed E-state index contributed by atoms with van der Waals surface area (Å²) in [4.78, 5) is 27.2. The van der Waals surface area contributed by atoms with Crippen LogP contribution in [0, 0.1) is 0 Å². The van der Waals surface area contributed by atoms with Crippen LogP contribution in [-0.4, -0.2) is 16.8 Å². The Hall–Kier alpha value is -3.09. The molecule has 0 aliphatic carbocycles. The Morgan fingerprint density at radius 1 is 1.13 bits per heavy atom. The zero-order valence-corrected chi connectivity index (χ0v) is 12.7. The van der Waals surface area contributed by atoms with Crippen molar-refractivity contribution in [1.82, 2.24) is 15.8 Å². The second-order valence-electron chi connectivity index (χ2n) is 4.80. The van der Waals surface area contributed by atoms with Crippen LogP contribution in [0.5, 0.6) is 11.5 Å². The van der Waals surface area contributed by atoms with Crippen molar-refractivity contribution in [3.63, 3.8) is 0 Å². The lowest BCUT2D eigenvalue weighted by molar-refractivity contribution is -0.121. The second kappa shape index (κ2) is 7.79. The maximum absolute atomic E-state index is 11.9. The summed E-state index contributed by atoms with van der Waals surface area (Å²) in [5, 5.41) is 0. The van der Waals surface area contributed by atoms with Crippen molar-refractivity contribution >= 4 is 17.5 Å². The molecule has 0 aliphatic rings. The van der Waals surface area contributed by atoms with Gasteiger partial charge in [0.1, 0.15) is 17.2 Å². The van der Waals surface area contributed by atoms with E-state index in [1.54, 1.807) is 30.3 Å². The van der Waals surface area contributed by atoms with Crippen LogP contribution < -0.4 is 21.3 Å². The van der Waals surface area contributed by atoms with E-state index in [1.165, 1.54) is 12.3 Å². The molecule has 4 N–H and O–H groups in total. The molecule has 2 rings (SSSR count). The van der Waals surface area contributed by atoms with E-state index >= 15 is 0 Å². The monoisotopic (exact) mass is 314 g/mol. The third-order valence-corrected chi connectivity index (χ3v) is 2.87. The van der Waals surface area contributed by atoms with Gasteiger partial charge in [0.05, 0.1) is 0 Å². The summed E-state index contributed by atoms with van der Waals surface area (Å²) in [5.74, 6) is 0.273. The number of ether oxygens (including phenoxy) is 1. The van der Waals surface area contributed by atoms with Gasteiger partial charge in [-0.1, -0.05) is 6.92 Å². The van der Waals surface area contributed by atoms with Gasteiger partial charge in [-0.3, -0.25) is 25.4 Å². The van der Waals surface area contributed by atoms with Crippen LogP contribution in [0.2, 0.25) is 0 Å². The molecular weight excluding hydrogens is 296 g/mol. The molecule has 7 nitrogen and oxygen atoms in total. The van der Waals surface area contributed by atoms with Crippen molar-refractivity contribution in [2.24, 2.45) is 0 Å². The number of hydrazine groups is 1. The minimum atomic E-state index is -0.516. The summed E-state index contributed by atoms with van der Waals surface area (Å²) in [6.07, 6.45) is 2.49. The average molecular weight is 314 g/mol. The lowest BCUT2D eigenvalue weighted by atomic mass is 10.3. The summed E-state index contributed by atoms with van der Waals surface area (Å²) in [7, 11) is 0. The first kappa shape index (κ1) is 16.3. The van der Waals surface area contributed by atoms with Gasteiger partial charge in [0, 0.05) is 24.4 Å². The van der Waals surface area contributed by atoms with Crippen LogP contribution in [0.3, 0.4) is 0 Å². The highest BCUT2D eigenvalue weighted by Gasteiger charge is 2.10. The Balaban J connectivity index is 2.00. The normalized spacial score (nSPS) is 9.96. The predicted octanol–water partition coefficient (Wildman–Crippen LogP) is 2.02. The van der Waals surface area contributed by atoms with E-state index in [2.05, 4.69) is 15.8 Å². The number of carbonyl (C=O) groups excluding carboxylic acids is 2. The Labute approximate surface area is 133 Å². The molecular formula is C16H18N4O3. The third-order valence-electron chi connectivity index (χ3n) is 2.87. The molecule has 0 saturated heterocycles.